The molecule has 0 amide bonds. The molecule has 0 aromatic carbocycles. The van der Waals surface area contributed by atoms with Crippen LogP contribution in [-0.2, 0) is 4.74 Å². The monoisotopic (exact) mass is 186 g/mol. The summed E-state index contributed by atoms with van der Waals surface area (Å²) in [6.45, 7) is 0. The van der Waals surface area contributed by atoms with Crippen molar-refractivity contribution < 1.29 is 51.4 Å². The van der Waals surface area contributed by atoms with Crippen LogP contribution in [0.25, 0.3) is 0 Å². The van der Waals surface area contributed by atoms with Gasteiger partial charge in [-0.2, -0.15) is 26.3 Å². The Hall–Kier alpha value is -0.543. The molecule has 0 bridgehead atoms. The van der Waals surface area contributed by atoms with Crippen molar-refractivity contribution in [2.45, 2.75) is 0 Å². The van der Waals surface area contributed by atoms with E-state index in [1.807, 2.05) is 0 Å². The van der Waals surface area contributed by atoms with Gasteiger partial charge in [0.15, 0.2) is 0 Å². The normalized spacial score (nSPS) is 8.17. The average molecular weight is 186 g/mol. The number of ether oxygens (including phenoxy) is 1. The molecule has 0 aromatic heterocycles. The van der Waals surface area contributed by atoms with E-state index in [4.69, 9.17) is 0 Å². The SMILES string of the molecule is FC(F)=C(F)OC(F)=C(F)F.[H-].[Li+]. The van der Waals surface area contributed by atoms with Gasteiger partial charge >= 0.3 is 43.0 Å². The van der Waals surface area contributed by atoms with E-state index in [9.17, 15) is 26.3 Å². The summed E-state index contributed by atoms with van der Waals surface area (Å²) in [6.07, 6.45) is -6.03. The molecule has 0 aromatic rings. The van der Waals surface area contributed by atoms with Crippen molar-refractivity contribution in [3.05, 3.63) is 24.2 Å². The zero-order valence-electron chi connectivity index (χ0n) is 6.68. The average Bonchev–Trinajstić information content (AvgIpc) is 1.87. The van der Waals surface area contributed by atoms with E-state index >= 15 is 0 Å². The molecular formula is C4HF6LiO. The first-order valence-corrected chi connectivity index (χ1v) is 2.04. The van der Waals surface area contributed by atoms with Gasteiger partial charge < -0.3 is 6.16 Å². The van der Waals surface area contributed by atoms with Crippen LogP contribution in [0.5, 0.6) is 0 Å². The Balaban J connectivity index is -0.000000500. The molecule has 0 aliphatic heterocycles. The summed E-state index contributed by atoms with van der Waals surface area (Å²) in [5, 5.41) is 0. The second kappa shape index (κ2) is 6.03. The van der Waals surface area contributed by atoms with Gasteiger partial charge in [-0.1, -0.05) is 0 Å². The molecule has 0 N–H and O–H groups in total. The maximum absolute atomic E-state index is 11.4. The van der Waals surface area contributed by atoms with Crippen LogP contribution in [-0.4, -0.2) is 0 Å². The molecule has 0 unspecified atom stereocenters. The van der Waals surface area contributed by atoms with Crippen LogP contribution in [0.3, 0.4) is 0 Å². The van der Waals surface area contributed by atoms with E-state index in [1.54, 1.807) is 0 Å². The summed E-state index contributed by atoms with van der Waals surface area (Å²) in [5.41, 5.74) is 0. The molecule has 0 heterocycles. The summed E-state index contributed by atoms with van der Waals surface area (Å²) in [6, 6.07) is -5.37. The Morgan fingerprint density at radius 2 is 1.00 bits per heavy atom. The molecule has 66 valence electrons. The summed E-state index contributed by atoms with van der Waals surface area (Å²) in [7, 11) is 0. The Kier molecular flexibility index (Phi) is 7.04. The molecular weight excluding hydrogens is 185 g/mol. The van der Waals surface area contributed by atoms with E-state index in [0.717, 1.165) is 0 Å². The Labute approximate surface area is 76.3 Å². The van der Waals surface area contributed by atoms with Crippen LogP contribution >= 0.6 is 0 Å². The minimum absolute atomic E-state index is 0. The molecule has 0 saturated carbocycles. The largest absolute Gasteiger partial charge is 1.00 e. The number of rotatable bonds is 2. The Morgan fingerprint density at radius 3 is 1.17 bits per heavy atom. The van der Waals surface area contributed by atoms with Crippen molar-refractivity contribution >= 4 is 0 Å². The molecule has 0 aliphatic carbocycles. The maximum atomic E-state index is 11.4. The molecule has 0 fully saturated rings. The standard InChI is InChI=1S/C4F6O.Li.H/c5-1(6)3(9)11-4(10)2(7)8;;/q;+1;-1. The maximum Gasteiger partial charge on any atom is 1.00 e. The van der Waals surface area contributed by atoms with E-state index in [1.165, 1.54) is 0 Å². The minimum atomic E-state index is -3.01. The zero-order chi connectivity index (χ0) is 9.02. The summed E-state index contributed by atoms with van der Waals surface area (Å²) >= 11 is 0. The van der Waals surface area contributed by atoms with Crippen LogP contribution in [0.4, 0.5) is 26.3 Å². The van der Waals surface area contributed by atoms with Gasteiger partial charge in [0.25, 0.3) is 0 Å². The molecule has 1 nitrogen and oxygen atoms in total. The van der Waals surface area contributed by atoms with E-state index in [0.29, 0.717) is 0 Å². The van der Waals surface area contributed by atoms with Gasteiger partial charge in [0, 0.05) is 0 Å². The van der Waals surface area contributed by atoms with E-state index in [-0.39, 0.29) is 20.3 Å². The van der Waals surface area contributed by atoms with Crippen LogP contribution in [0.15, 0.2) is 24.2 Å². The Morgan fingerprint density at radius 1 is 0.750 bits per heavy atom. The fourth-order valence-electron chi connectivity index (χ4n) is 0.156. The second-order valence-corrected chi connectivity index (χ2v) is 1.17. The van der Waals surface area contributed by atoms with Gasteiger partial charge in [0.05, 0.1) is 0 Å². The van der Waals surface area contributed by atoms with Gasteiger partial charge in [-0.3, -0.25) is 0 Å². The fourth-order valence-corrected chi connectivity index (χ4v) is 0.156. The first-order chi connectivity index (χ1) is 4.95. The number of hydrogen-bond acceptors (Lipinski definition) is 1. The van der Waals surface area contributed by atoms with Crippen molar-refractivity contribution in [2.75, 3.05) is 0 Å². The third kappa shape index (κ3) is 5.15. The third-order valence-electron chi connectivity index (χ3n) is 0.476. The van der Waals surface area contributed by atoms with Crippen molar-refractivity contribution in [3.8, 4) is 0 Å². The topological polar surface area (TPSA) is 9.23 Å². The molecule has 0 atom stereocenters. The van der Waals surface area contributed by atoms with Crippen LogP contribution in [0.2, 0.25) is 0 Å². The van der Waals surface area contributed by atoms with E-state index < -0.39 is 24.2 Å². The first-order valence-electron chi connectivity index (χ1n) is 2.04. The molecule has 0 aliphatic rings. The fraction of sp³-hybridized carbons (Fsp3) is 0. The minimum Gasteiger partial charge on any atom is -1.00 e. The number of hydrogen-bond donors (Lipinski definition) is 0. The number of halogens is 6. The van der Waals surface area contributed by atoms with Gasteiger partial charge in [0.2, 0.25) is 0 Å². The second-order valence-electron chi connectivity index (χ2n) is 1.17. The third-order valence-corrected chi connectivity index (χ3v) is 0.476. The molecule has 0 spiro atoms. The van der Waals surface area contributed by atoms with Gasteiger partial charge in [-0.15, -0.1) is 0 Å². The molecule has 0 rings (SSSR count). The van der Waals surface area contributed by atoms with Gasteiger partial charge in [0.1, 0.15) is 0 Å². The quantitative estimate of drug-likeness (QED) is 0.339. The van der Waals surface area contributed by atoms with Crippen molar-refractivity contribution in [1.29, 1.82) is 0 Å². The molecule has 12 heavy (non-hydrogen) atoms. The van der Waals surface area contributed by atoms with Crippen molar-refractivity contribution in [2.24, 2.45) is 0 Å². The van der Waals surface area contributed by atoms with Crippen LogP contribution in [0.1, 0.15) is 1.43 Å². The predicted molar refractivity (Wildman–Crippen MR) is 22.9 cm³/mol. The summed E-state index contributed by atoms with van der Waals surface area (Å²) in [4.78, 5) is 0. The Bertz CT molecular complexity index is 187. The molecule has 0 radical (unpaired) electrons. The predicted octanol–water partition coefficient (Wildman–Crippen LogP) is 0.190. The molecule has 0 saturated heterocycles. The first kappa shape index (κ1) is 14.0. The zero-order valence-corrected chi connectivity index (χ0v) is 5.68. The van der Waals surface area contributed by atoms with Gasteiger partial charge in [-0.05, 0) is 0 Å². The van der Waals surface area contributed by atoms with Gasteiger partial charge in [-0.25, -0.2) is 0 Å². The van der Waals surface area contributed by atoms with Crippen molar-refractivity contribution in [1.82, 2.24) is 0 Å². The van der Waals surface area contributed by atoms with Crippen LogP contribution in [0, 0.1) is 0 Å². The summed E-state index contributed by atoms with van der Waals surface area (Å²) in [5.74, 6) is 0. The van der Waals surface area contributed by atoms with E-state index in [2.05, 4.69) is 4.74 Å². The molecule has 8 heteroatoms. The smallest absolute Gasteiger partial charge is 1.00 e. The van der Waals surface area contributed by atoms with Crippen LogP contribution < -0.4 is 18.9 Å². The summed E-state index contributed by atoms with van der Waals surface area (Å²) < 4.78 is 69.6. The van der Waals surface area contributed by atoms with Crippen molar-refractivity contribution in [3.63, 3.8) is 0 Å².